The van der Waals surface area contributed by atoms with E-state index in [0.29, 0.717) is 0 Å². The molecule has 0 heterocycles. The highest BCUT2D eigenvalue weighted by atomic mass is 14.0. The average molecular weight is 222 g/mol. The monoisotopic (exact) mass is 222 g/mol. The number of rotatable bonds is 3. The molecule has 0 saturated carbocycles. The molecule has 0 heteroatoms. The van der Waals surface area contributed by atoms with E-state index in [0.717, 1.165) is 6.42 Å². The standard InChI is InChI=1S/C17H18/c1-14-11-15(2)13-17(12-14)10-6-9-16-7-4-3-5-8-16/h3-8,10-13H,9H2,1-2H3/b10-6+. The van der Waals surface area contributed by atoms with Crippen LogP contribution in [0.5, 0.6) is 0 Å². The summed E-state index contributed by atoms with van der Waals surface area (Å²) in [5.74, 6) is 0. The molecule has 0 aliphatic rings. The van der Waals surface area contributed by atoms with Gasteiger partial charge in [0.1, 0.15) is 0 Å². The van der Waals surface area contributed by atoms with E-state index in [1.807, 2.05) is 0 Å². The van der Waals surface area contributed by atoms with Gasteiger partial charge in [0.25, 0.3) is 0 Å². The van der Waals surface area contributed by atoms with Gasteiger partial charge in [0.15, 0.2) is 0 Å². The Morgan fingerprint density at radius 2 is 1.53 bits per heavy atom. The molecule has 0 aliphatic heterocycles. The van der Waals surface area contributed by atoms with Crippen molar-refractivity contribution in [1.29, 1.82) is 0 Å². The van der Waals surface area contributed by atoms with Crippen molar-refractivity contribution in [3.63, 3.8) is 0 Å². The zero-order valence-corrected chi connectivity index (χ0v) is 10.5. The Morgan fingerprint density at radius 3 is 2.18 bits per heavy atom. The van der Waals surface area contributed by atoms with Gasteiger partial charge >= 0.3 is 0 Å². The lowest BCUT2D eigenvalue weighted by Gasteiger charge is -2.00. The molecule has 0 saturated heterocycles. The first-order valence-corrected chi connectivity index (χ1v) is 6.03. The molecular weight excluding hydrogens is 204 g/mol. The highest BCUT2D eigenvalue weighted by Gasteiger charge is 1.92. The van der Waals surface area contributed by atoms with Gasteiger partial charge in [-0.25, -0.2) is 0 Å². The number of allylic oxidation sites excluding steroid dienone is 1. The fourth-order valence-corrected chi connectivity index (χ4v) is 2.05. The molecule has 0 fully saturated rings. The van der Waals surface area contributed by atoms with E-state index in [1.165, 1.54) is 22.3 Å². The Hall–Kier alpha value is -1.82. The zero-order chi connectivity index (χ0) is 12.1. The third-order valence-electron chi connectivity index (χ3n) is 2.75. The highest BCUT2D eigenvalue weighted by molar-refractivity contribution is 5.52. The van der Waals surface area contributed by atoms with Crippen LogP contribution in [0.2, 0.25) is 0 Å². The van der Waals surface area contributed by atoms with Gasteiger partial charge in [-0.2, -0.15) is 0 Å². The molecule has 2 rings (SSSR count). The normalized spacial score (nSPS) is 10.9. The fraction of sp³-hybridized carbons (Fsp3) is 0.176. The van der Waals surface area contributed by atoms with Gasteiger partial charge in [0, 0.05) is 0 Å². The maximum atomic E-state index is 2.23. The molecule has 2 aromatic rings. The fourth-order valence-electron chi connectivity index (χ4n) is 2.05. The lowest BCUT2D eigenvalue weighted by molar-refractivity contribution is 1.28. The van der Waals surface area contributed by atoms with E-state index in [4.69, 9.17) is 0 Å². The van der Waals surface area contributed by atoms with Crippen molar-refractivity contribution < 1.29 is 0 Å². The summed E-state index contributed by atoms with van der Waals surface area (Å²) in [5, 5.41) is 0. The Kier molecular flexibility index (Phi) is 3.77. The second-order valence-electron chi connectivity index (χ2n) is 4.51. The smallest absolute Gasteiger partial charge is 0.00941 e. The summed E-state index contributed by atoms with van der Waals surface area (Å²) in [6.45, 7) is 4.28. The summed E-state index contributed by atoms with van der Waals surface area (Å²) in [5.41, 5.74) is 5.29. The van der Waals surface area contributed by atoms with Crippen molar-refractivity contribution in [1.82, 2.24) is 0 Å². The van der Waals surface area contributed by atoms with Crippen LogP contribution in [0.3, 0.4) is 0 Å². The number of aryl methyl sites for hydroxylation is 2. The minimum Gasteiger partial charge on any atom is -0.0795 e. The summed E-state index contributed by atoms with van der Waals surface area (Å²) < 4.78 is 0. The molecular formula is C17H18. The first-order chi connectivity index (χ1) is 8.24. The van der Waals surface area contributed by atoms with Crippen LogP contribution in [-0.2, 0) is 6.42 Å². The van der Waals surface area contributed by atoms with Gasteiger partial charge in [0.05, 0.1) is 0 Å². The van der Waals surface area contributed by atoms with Gasteiger partial charge in [-0.15, -0.1) is 0 Å². The Morgan fingerprint density at radius 1 is 0.882 bits per heavy atom. The minimum absolute atomic E-state index is 0.994. The van der Waals surface area contributed by atoms with Crippen molar-refractivity contribution in [3.05, 3.63) is 76.9 Å². The van der Waals surface area contributed by atoms with E-state index in [2.05, 4.69) is 74.5 Å². The van der Waals surface area contributed by atoms with Crippen LogP contribution in [0.1, 0.15) is 22.3 Å². The lowest BCUT2D eigenvalue weighted by Crippen LogP contribution is -1.81. The summed E-state index contributed by atoms with van der Waals surface area (Å²) in [7, 11) is 0. The predicted molar refractivity (Wildman–Crippen MR) is 75.1 cm³/mol. The summed E-state index contributed by atoms with van der Waals surface area (Å²) in [4.78, 5) is 0. The van der Waals surface area contributed by atoms with Gasteiger partial charge in [-0.1, -0.05) is 71.8 Å². The zero-order valence-electron chi connectivity index (χ0n) is 10.5. The maximum Gasteiger partial charge on any atom is -0.00941 e. The molecule has 0 bridgehead atoms. The number of hydrogen-bond donors (Lipinski definition) is 0. The Balaban J connectivity index is 2.06. The molecule has 0 aromatic heterocycles. The number of hydrogen-bond acceptors (Lipinski definition) is 0. The molecule has 0 amide bonds. The molecule has 0 aliphatic carbocycles. The second kappa shape index (κ2) is 5.49. The van der Waals surface area contributed by atoms with Crippen molar-refractivity contribution in [3.8, 4) is 0 Å². The first-order valence-electron chi connectivity index (χ1n) is 6.03. The molecule has 17 heavy (non-hydrogen) atoms. The van der Waals surface area contributed by atoms with Crippen molar-refractivity contribution in [2.75, 3.05) is 0 Å². The third-order valence-corrected chi connectivity index (χ3v) is 2.75. The van der Waals surface area contributed by atoms with E-state index < -0.39 is 0 Å². The molecule has 0 N–H and O–H groups in total. The van der Waals surface area contributed by atoms with Gasteiger partial charge < -0.3 is 0 Å². The quantitative estimate of drug-likeness (QED) is 0.714. The van der Waals surface area contributed by atoms with Crippen molar-refractivity contribution in [2.45, 2.75) is 20.3 Å². The number of benzene rings is 2. The van der Waals surface area contributed by atoms with Crippen LogP contribution in [-0.4, -0.2) is 0 Å². The molecule has 2 aromatic carbocycles. The maximum absolute atomic E-state index is 2.23. The molecule has 0 unspecified atom stereocenters. The van der Waals surface area contributed by atoms with Crippen LogP contribution >= 0.6 is 0 Å². The Bertz CT molecular complexity index is 487. The predicted octanol–water partition coefficient (Wildman–Crippen LogP) is 4.56. The van der Waals surface area contributed by atoms with Crippen LogP contribution in [0.4, 0.5) is 0 Å². The minimum atomic E-state index is 0.994. The lowest BCUT2D eigenvalue weighted by atomic mass is 10.1. The average Bonchev–Trinajstić information content (AvgIpc) is 2.29. The van der Waals surface area contributed by atoms with Crippen LogP contribution < -0.4 is 0 Å². The van der Waals surface area contributed by atoms with E-state index >= 15 is 0 Å². The Labute approximate surface area is 104 Å². The molecule has 0 nitrogen and oxygen atoms in total. The van der Waals surface area contributed by atoms with Crippen molar-refractivity contribution >= 4 is 6.08 Å². The molecule has 0 radical (unpaired) electrons. The molecule has 86 valence electrons. The van der Waals surface area contributed by atoms with E-state index in [9.17, 15) is 0 Å². The van der Waals surface area contributed by atoms with E-state index in [1.54, 1.807) is 0 Å². The van der Waals surface area contributed by atoms with Crippen LogP contribution in [0.15, 0.2) is 54.6 Å². The van der Waals surface area contributed by atoms with Crippen LogP contribution in [0.25, 0.3) is 6.08 Å². The topological polar surface area (TPSA) is 0 Å². The largest absolute Gasteiger partial charge is 0.0795 e. The van der Waals surface area contributed by atoms with Gasteiger partial charge in [-0.05, 0) is 31.4 Å². The van der Waals surface area contributed by atoms with E-state index in [-0.39, 0.29) is 0 Å². The second-order valence-corrected chi connectivity index (χ2v) is 4.51. The SMILES string of the molecule is Cc1cc(C)cc(/C=C/Cc2ccccc2)c1. The summed E-state index contributed by atoms with van der Waals surface area (Å²) >= 11 is 0. The van der Waals surface area contributed by atoms with Crippen LogP contribution in [0, 0.1) is 13.8 Å². The van der Waals surface area contributed by atoms with Gasteiger partial charge in [0.2, 0.25) is 0 Å². The molecule has 0 spiro atoms. The third kappa shape index (κ3) is 3.60. The summed E-state index contributed by atoms with van der Waals surface area (Å²) in [6.07, 6.45) is 5.42. The highest BCUT2D eigenvalue weighted by Crippen LogP contribution is 2.11. The molecule has 0 atom stereocenters. The van der Waals surface area contributed by atoms with Gasteiger partial charge in [-0.3, -0.25) is 0 Å². The van der Waals surface area contributed by atoms with Crippen molar-refractivity contribution in [2.24, 2.45) is 0 Å². The first kappa shape index (κ1) is 11.7. The summed E-state index contributed by atoms with van der Waals surface area (Å²) in [6, 6.07) is 17.2.